The molecule has 3 aromatic rings. The molecule has 0 bridgehead atoms. The fourth-order valence-corrected chi connectivity index (χ4v) is 3.98. The molecule has 1 unspecified atom stereocenters. The van der Waals surface area contributed by atoms with Crippen LogP contribution in [0.1, 0.15) is 24.5 Å². The van der Waals surface area contributed by atoms with Crippen molar-refractivity contribution >= 4 is 16.0 Å². The number of nitrogens with zero attached hydrogens (tertiary/aromatic N) is 4. The Morgan fingerprint density at radius 3 is 2.76 bits per heavy atom. The van der Waals surface area contributed by atoms with Crippen molar-refractivity contribution < 1.29 is 17.9 Å². The number of aryl methyl sites for hydroxylation is 1. The summed E-state index contributed by atoms with van der Waals surface area (Å²) < 4.78 is 40.6. The van der Waals surface area contributed by atoms with Crippen molar-refractivity contribution in [2.24, 2.45) is 7.05 Å². The van der Waals surface area contributed by atoms with Crippen molar-refractivity contribution in [3.8, 4) is 11.6 Å². The van der Waals surface area contributed by atoms with E-state index in [-0.39, 0.29) is 22.6 Å². The predicted octanol–water partition coefficient (Wildman–Crippen LogP) is 2.70. The maximum atomic E-state index is 12.7. The first kappa shape index (κ1) is 19.3. The lowest BCUT2D eigenvalue weighted by Gasteiger charge is -2.22. The number of aromatic nitrogens is 4. The normalized spacial score (nSPS) is 17.1. The average molecular weight is 415 g/mol. The van der Waals surface area contributed by atoms with Crippen LogP contribution in [0.2, 0.25) is 0 Å². The van der Waals surface area contributed by atoms with E-state index in [4.69, 9.17) is 9.47 Å². The Balaban J connectivity index is 1.67. The van der Waals surface area contributed by atoms with Crippen molar-refractivity contribution in [1.82, 2.24) is 19.7 Å². The number of rotatable bonds is 6. The van der Waals surface area contributed by atoms with Crippen LogP contribution in [0.4, 0.5) is 5.95 Å². The van der Waals surface area contributed by atoms with Gasteiger partial charge < -0.3 is 9.47 Å². The molecule has 0 aliphatic carbocycles. The van der Waals surface area contributed by atoms with Gasteiger partial charge in [0.1, 0.15) is 10.6 Å². The maximum absolute atomic E-state index is 12.7. The minimum absolute atomic E-state index is 0.0283. The Labute approximate surface area is 168 Å². The monoisotopic (exact) mass is 415 g/mol. The van der Waals surface area contributed by atoms with Crippen LogP contribution in [0, 0.1) is 0 Å². The van der Waals surface area contributed by atoms with Gasteiger partial charge in [-0.05, 0) is 25.0 Å². The third-order valence-electron chi connectivity index (χ3n) is 4.48. The van der Waals surface area contributed by atoms with E-state index < -0.39 is 10.0 Å². The average Bonchev–Trinajstić information content (AvgIpc) is 3.16. The maximum Gasteiger partial charge on any atom is 0.267 e. The summed E-state index contributed by atoms with van der Waals surface area (Å²) in [5, 5.41) is 3.90. The summed E-state index contributed by atoms with van der Waals surface area (Å²) >= 11 is 0. The molecule has 1 atom stereocenters. The zero-order valence-corrected chi connectivity index (χ0v) is 16.7. The summed E-state index contributed by atoms with van der Waals surface area (Å²) in [7, 11) is -2.23. The molecular weight excluding hydrogens is 394 g/mol. The Morgan fingerprint density at radius 2 is 2.07 bits per heavy atom. The van der Waals surface area contributed by atoms with Gasteiger partial charge in [-0.15, -0.1) is 0 Å². The molecule has 1 aliphatic heterocycles. The SMILES string of the molecule is Cn1cc(S(=O)(=O)Nc2nc(Oc3ccccc3)cc(C3CCCOC3)n2)cn1. The first-order valence-corrected chi connectivity index (χ1v) is 10.7. The van der Waals surface area contributed by atoms with Gasteiger partial charge in [0.15, 0.2) is 0 Å². The molecule has 0 radical (unpaired) electrons. The van der Waals surface area contributed by atoms with E-state index in [2.05, 4.69) is 19.8 Å². The first-order chi connectivity index (χ1) is 14.0. The van der Waals surface area contributed by atoms with Crippen LogP contribution in [0.15, 0.2) is 53.7 Å². The molecule has 10 heteroatoms. The van der Waals surface area contributed by atoms with Crippen LogP contribution < -0.4 is 9.46 Å². The van der Waals surface area contributed by atoms with Crippen molar-refractivity contribution in [3.63, 3.8) is 0 Å². The molecule has 3 heterocycles. The smallest absolute Gasteiger partial charge is 0.267 e. The minimum atomic E-state index is -3.87. The molecule has 1 saturated heterocycles. The van der Waals surface area contributed by atoms with Crippen molar-refractivity contribution in [2.45, 2.75) is 23.7 Å². The predicted molar refractivity (Wildman–Crippen MR) is 105 cm³/mol. The van der Waals surface area contributed by atoms with Crippen LogP contribution in [-0.4, -0.2) is 41.4 Å². The Bertz CT molecular complexity index is 1080. The van der Waals surface area contributed by atoms with E-state index in [1.54, 1.807) is 25.2 Å². The lowest BCUT2D eigenvalue weighted by Crippen LogP contribution is -2.19. The van der Waals surface area contributed by atoms with Gasteiger partial charge in [-0.1, -0.05) is 18.2 Å². The zero-order valence-electron chi connectivity index (χ0n) is 15.9. The minimum Gasteiger partial charge on any atom is -0.439 e. The Morgan fingerprint density at radius 1 is 1.24 bits per heavy atom. The molecule has 4 rings (SSSR count). The Hall–Kier alpha value is -2.98. The van der Waals surface area contributed by atoms with Gasteiger partial charge >= 0.3 is 0 Å². The molecule has 0 amide bonds. The van der Waals surface area contributed by atoms with E-state index in [0.29, 0.717) is 18.1 Å². The fourth-order valence-electron chi connectivity index (χ4n) is 3.05. The van der Waals surface area contributed by atoms with Gasteiger partial charge in [-0.25, -0.2) is 18.1 Å². The van der Waals surface area contributed by atoms with E-state index in [0.717, 1.165) is 19.4 Å². The van der Waals surface area contributed by atoms with Crippen LogP contribution in [0.3, 0.4) is 0 Å². The van der Waals surface area contributed by atoms with E-state index in [9.17, 15) is 8.42 Å². The lowest BCUT2D eigenvalue weighted by atomic mass is 9.98. The molecule has 0 spiro atoms. The second kappa shape index (κ2) is 8.18. The molecule has 2 aromatic heterocycles. The fraction of sp³-hybridized carbons (Fsp3) is 0.316. The van der Waals surface area contributed by atoms with Gasteiger partial charge in [0, 0.05) is 31.8 Å². The number of nitrogens with one attached hydrogen (secondary N) is 1. The Kier molecular flexibility index (Phi) is 5.45. The summed E-state index contributed by atoms with van der Waals surface area (Å²) in [6, 6.07) is 10.9. The highest BCUT2D eigenvalue weighted by molar-refractivity contribution is 7.92. The third kappa shape index (κ3) is 4.72. The molecule has 0 saturated carbocycles. The number of hydrogen-bond acceptors (Lipinski definition) is 7. The number of anilines is 1. The summed E-state index contributed by atoms with van der Waals surface area (Å²) in [5.74, 6) is 0.850. The number of hydrogen-bond donors (Lipinski definition) is 1. The quantitative estimate of drug-likeness (QED) is 0.659. The highest BCUT2D eigenvalue weighted by Crippen LogP contribution is 2.29. The van der Waals surface area contributed by atoms with Crippen LogP contribution in [0.25, 0.3) is 0 Å². The standard InChI is InChI=1S/C19H21N5O4S/c1-24-12-16(11-20-24)29(25,26)23-19-21-17(14-6-5-9-27-13-14)10-18(22-19)28-15-7-3-2-4-8-15/h2-4,7-8,10-12,14H,5-6,9,13H2,1H3,(H,21,22,23). The number of ether oxygens (including phenoxy) is 2. The summed E-state index contributed by atoms with van der Waals surface area (Å²) in [4.78, 5) is 8.71. The lowest BCUT2D eigenvalue weighted by molar-refractivity contribution is 0.0792. The van der Waals surface area contributed by atoms with E-state index >= 15 is 0 Å². The number of benzene rings is 1. The second-order valence-corrected chi connectivity index (χ2v) is 8.42. The zero-order chi connectivity index (χ0) is 20.3. The van der Waals surface area contributed by atoms with Gasteiger partial charge in [-0.3, -0.25) is 4.68 Å². The second-order valence-electron chi connectivity index (χ2n) is 6.74. The first-order valence-electron chi connectivity index (χ1n) is 9.21. The van der Waals surface area contributed by atoms with Gasteiger partial charge in [-0.2, -0.15) is 10.1 Å². The highest BCUT2D eigenvalue weighted by atomic mass is 32.2. The number of sulfonamides is 1. The molecule has 1 aliphatic rings. The van der Waals surface area contributed by atoms with Gasteiger partial charge in [0.05, 0.1) is 18.5 Å². The van der Waals surface area contributed by atoms with Gasteiger partial charge in [0.2, 0.25) is 11.8 Å². The topological polar surface area (TPSA) is 108 Å². The molecule has 9 nitrogen and oxygen atoms in total. The molecule has 1 fully saturated rings. The molecular formula is C19H21N5O4S. The highest BCUT2D eigenvalue weighted by Gasteiger charge is 2.23. The van der Waals surface area contributed by atoms with Crippen molar-refractivity contribution in [3.05, 3.63) is 54.5 Å². The van der Waals surface area contributed by atoms with Crippen LogP contribution in [0.5, 0.6) is 11.6 Å². The third-order valence-corrected chi connectivity index (χ3v) is 5.77. The number of para-hydroxylation sites is 1. The van der Waals surface area contributed by atoms with Crippen molar-refractivity contribution in [1.29, 1.82) is 0 Å². The van der Waals surface area contributed by atoms with E-state index in [1.165, 1.54) is 17.1 Å². The summed E-state index contributed by atoms with van der Waals surface area (Å²) in [5.41, 5.74) is 0.675. The largest absolute Gasteiger partial charge is 0.439 e. The van der Waals surface area contributed by atoms with Crippen LogP contribution >= 0.6 is 0 Å². The van der Waals surface area contributed by atoms with Crippen LogP contribution in [-0.2, 0) is 21.8 Å². The van der Waals surface area contributed by atoms with Crippen molar-refractivity contribution in [2.75, 3.05) is 17.9 Å². The summed E-state index contributed by atoms with van der Waals surface area (Å²) in [6.45, 7) is 1.24. The summed E-state index contributed by atoms with van der Waals surface area (Å²) in [6.07, 6.45) is 4.49. The van der Waals surface area contributed by atoms with E-state index in [1.807, 2.05) is 18.2 Å². The van der Waals surface area contributed by atoms with Gasteiger partial charge in [0.25, 0.3) is 10.0 Å². The molecule has 1 N–H and O–H groups in total. The molecule has 152 valence electrons. The molecule has 29 heavy (non-hydrogen) atoms. The molecule has 1 aromatic carbocycles.